The van der Waals surface area contributed by atoms with E-state index in [4.69, 9.17) is 26.2 Å². The lowest BCUT2D eigenvalue weighted by Gasteiger charge is -2.09. The molecule has 2 aromatic heterocycles. The smallest absolute Gasteiger partial charge is 0.373 e. The largest absolute Gasteiger partial charge is 0.480 e. The fraction of sp³-hybridized carbons (Fsp3) is 0.429. The van der Waals surface area contributed by atoms with Crippen LogP contribution >= 0.6 is 21.6 Å². The number of carbonyl (C=O) groups excluding carboxylic acids is 2. The van der Waals surface area contributed by atoms with Gasteiger partial charge in [-0.2, -0.15) is 9.59 Å². The van der Waals surface area contributed by atoms with Crippen molar-refractivity contribution in [1.82, 2.24) is 19.1 Å². The van der Waals surface area contributed by atoms with Gasteiger partial charge in [0.15, 0.2) is 0 Å². The molecule has 26 heavy (non-hydrogen) atoms. The van der Waals surface area contributed by atoms with Crippen molar-refractivity contribution in [3.05, 3.63) is 24.0 Å². The quantitative estimate of drug-likeness (QED) is 0.507. The highest BCUT2D eigenvalue weighted by molar-refractivity contribution is 8.76. The third-order valence-electron chi connectivity index (χ3n) is 3.35. The van der Waals surface area contributed by atoms with Gasteiger partial charge in [0.05, 0.1) is 24.0 Å². The molecule has 12 heteroatoms. The first kappa shape index (κ1) is 21.9. The Kier molecular flexibility index (Phi) is 9.10. The summed E-state index contributed by atoms with van der Waals surface area (Å²) in [5.74, 6) is -1.02. The third kappa shape index (κ3) is 6.00. The monoisotopic (exact) mass is 400 g/mol. The maximum absolute atomic E-state index is 11.0. The molecule has 0 spiro atoms. The summed E-state index contributed by atoms with van der Waals surface area (Å²) in [6.45, 7) is 0.556. The second kappa shape index (κ2) is 10.8. The Labute approximate surface area is 157 Å². The van der Waals surface area contributed by atoms with Crippen LogP contribution in [-0.4, -0.2) is 48.9 Å². The van der Waals surface area contributed by atoms with Gasteiger partial charge >= 0.3 is 12.1 Å². The van der Waals surface area contributed by atoms with Crippen LogP contribution in [0.4, 0.5) is 0 Å². The van der Waals surface area contributed by atoms with E-state index in [9.17, 15) is 4.79 Å². The van der Waals surface area contributed by atoms with Crippen molar-refractivity contribution in [2.75, 3.05) is 6.54 Å². The number of nitrogens with zero attached hydrogens (tertiary/aromatic N) is 4. The summed E-state index contributed by atoms with van der Waals surface area (Å²) < 4.78 is 3.75. The van der Waals surface area contributed by atoms with Crippen molar-refractivity contribution in [3.63, 3.8) is 0 Å². The molecule has 1 atom stereocenters. The van der Waals surface area contributed by atoms with Crippen molar-refractivity contribution in [3.8, 4) is 0 Å². The van der Waals surface area contributed by atoms with E-state index in [0.29, 0.717) is 6.54 Å². The Hall–Kier alpha value is -2.11. The van der Waals surface area contributed by atoms with Crippen LogP contribution in [0.15, 0.2) is 22.7 Å². The summed E-state index contributed by atoms with van der Waals surface area (Å²) in [6, 6.07) is -0.947. The number of hydrogen-bond donors (Lipinski definition) is 3. The minimum absolute atomic E-state index is 0.229. The van der Waals surface area contributed by atoms with Crippen molar-refractivity contribution < 1.29 is 19.5 Å². The normalized spacial score (nSPS) is 11.4. The maximum Gasteiger partial charge on any atom is 0.373 e. The molecule has 0 bridgehead atoms. The van der Waals surface area contributed by atoms with Crippen molar-refractivity contribution in [1.29, 1.82) is 0 Å². The fourth-order valence-corrected chi connectivity index (χ4v) is 4.35. The summed E-state index contributed by atoms with van der Waals surface area (Å²) >= 11 is 0. The molecule has 5 N–H and O–H groups in total. The second-order valence-electron chi connectivity index (χ2n) is 5.15. The molecule has 0 fully saturated rings. The standard InChI is InChI=1S/C13H20N6O2S2.CO2/c1-18-6-16-11(9(18)3-4-14)22-23-12-10(19(2)7-17-12)5-8(15)13(20)21;2-1-3/h6-8H,3-5,14-15H2,1-2H3,(H,20,21);. The molecule has 0 radical (unpaired) electrons. The molecule has 10 nitrogen and oxygen atoms in total. The zero-order valence-electron chi connectivity index (χ0n) is 14.3. The van der Waals surface area contributed by atoms with Gasteiger partial charge in [-0.25, -0.2) is 9.97 Å². The number of carboxylic acids is 1. The molecule has 2 rings (SSSR count). The zero-order valence-corrected chi connectivity index (χ0v) is 15.9. The van der Waals surface area contributed by atoms with Gasteiger partial charge in [0.1, 0.15) is 16.1 Å². The number of rotatable bonds is 8. The Bertz CT molecular complexity index is 770. The highest BCUT2D eigenvalue weighted by atomic mass is 33.1. The molecular weight excluding hydrogens is 380 g/mol. The first-order valence-electron chi connectivity index (χ1n) is 7.38. The van der Waals surface area contributed by atoms with Crippen LogP contribution in [0.25, 0.3) is 0 Å². The maximum atomic E-state index is 11.0. The lowest BCUT2D eigenvalue weighted by molar-refractivity contribution is -0.191. The Morgan fingerprint density at radius 1 is 1.19 bits per heavy atom. The lowest BCUT2D eigenvalue weighted by Crippen LogP contribution is -2.33. The van der Waals surface area contributed by atoms with E-state index in [2.05, 4.69) is 9.97 Å². The number of imidazole rings is 2. The van der Waals surface area contributed by atoms with Crippen LogP contribution in [0.1, 0.15) is 11.4 Å². The van der Waals surface area contributed by atoms with Gasteiger partial charge in [-0.1, -0.05) is 0 Å². The molecule has 0 aromatic carbocycles. The van der Waals surface area contributed by atoms with Gasteiger partial charge in [0, 0.05) is 26.9 Å². The fourth-order valence-electron chi connectivity index (χ4n) is 2.03. The van der Waals surface area contributed by atoms with Gasteiger partial charge < -0.3 is 25.7 Å². The van der Waals surface area contributed by atoms with Crippen molar-refractivity contribution in [2.45, 2.75) is 28.9 Å². The van der Waals surface area contributed by atoms with Gasteiger partial charge in [-0.15, -0.1) is 0 Å². The van der Waals surface area contributed by atoms with E-state index in [-0.39, 0.29) is 12.6 Å². The first-order valence-corrected chi connectivity index (χ1v) is 9.53. The molecule has 2 heterocycles. The topological polar surface area (TPSA) is 159 Å². The first-order chi connectivity index (χ1) is 12.3. The molecule has 1 unspecified atom stereocenters. The summed E-state index contributed by atoms with van der Waals surface area (Å²) in [5.41, 5.74) is 13.1. The van der Waals surface area contributed by atoms with E-state index < -0.39 is 12.0 Å². The molecule has 2 aromatic rings. The average molecular weight is 400 g/mol. The van der Waals surface area contributed by atoms with Crippen LogP contribution in [0.5, 0.6) is 0 Å². The van der Waals surface area contributed by atoms with Gasteiger partial charge in [0.25, 0.3) is 0 Å². The van der Waals surface area contributed by atoms with Crippen LogP contribution in [-0.2, 0) is 41.3 Å². The number of aromatic nitrogens is 4. The second-order valence-corrected chi connectivity index (χ2v) is 7.26. The number of aryl methyl sites for hydroxylation is 2. The molecule has 142 valence electrons. The number of carboxylic acid groups (broad SMARTS) is 1. The van der Waals surface area contributed by atoms with Crippen molar-refractivity contribution >= 4 is 33.7 Å². The van der Waals surface area contributed by atoms with Gasteiger partial charge in [-0.05, 0) is 28.1 Å². The van der Waals surface area contributed by atoms with E-state index in [1.807, 2.05) is 18.7 Å². The number of nitrogens with two attached hydrogens (primary N) is 2. The molecule has 0 saturated carbocycles. The van der Waals surface area contributed by atoms with E-state index in [1.165, 1.54) is 21.6 Å². The minimum Gasteiger partial charge on any atom is -0.480 e. The van der Waals surface area contributed by atoms with Gasteiger partial charge in [0.2, 0.25) is 0 Å². The summed E-state index contributed by atoms with van der Waals surface area (Å²) in [4.78, 5) is 35.9. The third-order valence-corrected chi connectivity index (χ3v) is 5.63. The average Bonchev–Trinajstić information content (AvgIpc) is 3.11. The predicted octanol–water partition coefficient (Wildman–Crippen LogP) is -0.175. The van der Waals surface area contributed by atoms with E-state index in [0.717, 1.165) is 27.9 Å². The molecule has 0 aliphatic rings. The summed E-state index contributed by atoms with van der Waals surface area (Å²) in [6.07, 6.45) is 4.64. The predicted molar refractivity (Wildman–Crippen MR) is 95.2 cm³/mol. The number of carbonyl (C=O) groups is 1. The number of hydrogen-bond acceptors (Lipinski definition) is 9. The van der Waals surface area contributed by atoms with Crippen LogP contribution < -0.4 is 11.5 Å². The molecule has 0 saturated heterocycles. The van der Waals surface area contributed by atoms with Gasteiger partial charge in [-0.3, -0.25) is 4.79 Å². The molecule has 0 aliphatic heterocycles. The summed E-state index contributed by atoms with van der Waals surface area (Å²) in [7, 11) is 6.70. The Morgan fingerprint density at radius 3 is 2.12 bits per heavy atom. The highest BCUT2D eigenvalue weighted by Crippen LogP contribution is 2.39. The van der Waals surface area contributed by atoms with E-state index in [1.54, 1.807) is 17.2 Å². The zero-order chi connectivity index (χ0) is 19.7. The SMILES string of the molecule is Cn1cnc(SSc2ncn(C)c2CC(N)C(=O)O)c1CCN.O=C=O. The lowest BCUT2D eigenvalue weighted by atomic mass is 10.2. The van der Waals surface area contributed by atoms with Crippen LogP contribution in [0.3, 0.4) is 0 Å². The highest BCUT2D eigenvalue weighted by Gasteiger charge is 2.19. The van der Waals surface area contributed by atoms with Crippen molar-refractivity contribution in [2.24, 2.45) is 25.6 Å². The Morgan fingerprint density at radius 2 is 1.65 bits per heavy atom. The summed E-state index contributed by atoms with van der Waals surface area (Å²) in [5, 5.41) is 10.6. The number of aliphatic carboxylic acids is 1. The van der Waals surface area contributed by atoms with Crippen LogP contribution in [0, 0.1) is 0 Å². The molecule has 0 aliphatic carbocycles. The van der Waals surface area contributed by atoms with Crippen LogP contribution in [0.2, 0.25) is 0 Å². The molecular formula is C14H20N6O4S2. The molecule has 0 amide bonds. The van der Waals surface area contributed by atoms with E-state index >= 15 is 0 Å². The Balaban J connectivity index is 0.00000105. The minimum atomic E-state index is -1.02.